The molecule has 1 fully saturated rings. The summed E-state index contributed by atoms with van der Waals surface area (Å²) in [6.45, 7) is 2.78. The summed E-state index contributed by atoms with van der Waals surface area (Å²) < 4.78 is 19.9. The molecular weight excluding hydrogens is 379 g/mol. The van der Waals surface area contributed by atoms with Crippen molar-refractivity contribution < 1.29 is 9.13 Å². The van der Waals surface area contributed by atoms with Crippen LogP contribution in [0.3, 0.4) is 0 Å². The van der Waals surface area contributed by atoms with E-state index in [4.69, 9.17) is 10.5 Å². The minimum absolute atomic E-state index is 0.164. The van der Waals surface area contributed by atoms with Gasteiger partial charge in [-0.1, -0.05) is 11.8 Å². The van der Waals surface area contributed by atoms with Crippen molar-refractivity contribution in [1.82, 2.24) is 15.0 Å². The Kier molecular flexibility index (Phi) is 5.54. The third kappa shape index (κ3) is 4.49. The zero-order valence-corrected chi connectivity index (χ0v) is 15.8. The van der Waals surface area contributed by atoms with E-state index < -0.39 is 0 Å². The van der Waals surface area contributed by atoms with Gasteiger partial charge in [0.15, 0.2) is 0 Å². The summed E-state index contributed by atoms with van der Waals surface area (Å²) >= 11 is 1.35. The molecule has 4 rings (SSSR count). The highest BCUT2D eigenvalue weighted by Gasteiger charge is 2.15. The number of nitrogens with one attached hydrogen (secondary N) is 1. The molecule has 3 aromatic rings. The number of hydrogen-bond donors (Lipinski definition) is 2. The molecule has 9 heteroatoms. The average Bonchev–Trinajstić information content (AvgIpc) is 2.71. The Morgan fingerprint density at radius 2 is 1.86 bits per heavy atom. The van der Waals surface area contributed by atoms with E-state index in [1.165, 1.54) is 17.8 Å². The van der Waals surface area contributed by atoms with Crippen molar-refractivity contribution in [3.05, 3.63) is 54.6 Å². The first-order valence-electron chi connectivity index (χ1n) is 8.79. The zero-order valence-electron chi connectivity index (χ0n) is 15.0. The third-order valence-corrected chi connectivity index (χ3v) is 5.21. The fourth-order valence-corrected chi connectivity index (χ4v) is 3.62. The number of morpholine rings is 1. The molecule has 1 aromatic carbocycles. The molecule has 7 nitrogen and oxygen atoms in total. The van der Waals surface area contributed by atoms with Gasteiger partial charge in [0.25, 0.3) is 0 Å². The molecule has 0 unspecified atom stereocenters. The van der Waals surface area contributed by atoms with E-state index in [9.17, 15) is 4.39 Å². The molecule has 1 saturated heterocycles. The van der Waals surface area contributed by atoms with Crippen molar-refractivity contribution in [2.24, 2.45) is 0 Å². The molecule has 28 heavy (non-hydrogen) atoms. The van der Waals surface area contributed by atoms with E-state index in [1.54, 1.807) is 30.6 Å². The minimum atomic E-state index is -0.317. The highest BCUT2D eigenvalue weighted by atomic mass is 32.2. The van der Waals surface area contributed by atoms with Crippen LogP contribution in [-0.4, -0.2) is 41.3 Å². The lowest BCUT2D eigenvalue weighted by Gasteiger charge is -2.28. The van der Waals surface area contributed by atoms with Gasteiger partial charge < -0.3 is 20.7 Å². The van der Waals surface area contributed by atoms with Crippen LogP contribution in [0.2, 0.25) is 0 Å². The van der Waals surface area contributed by atoms with Crippen LogP contribution in [0.4, 0.5) is 27.7 Å². The van der Waals surface area contributed by atoms with Crippen LogP contribution in [0.1, 0.15) is 0 Å². The summed E-state index contributed by atoms with van der Waals surface area (Å²) in [6, 6.07) is 10.5. The Bertz CT molecular complexity index is 952. The maximum Gasteiger partial charge on any atom is 0.223 e. The van der Waals surface area contributed by atoms with Gasteiger partial charge in [0.2, 0.25) is 5.95 Å². The highest BCUT2D eigenvalue weighted by Crippen LogP contribution is 2.31. The highest BCUT2D eigenvalue weighted by molar-refractivity contribution is 7.99. The number of rotatable bonds is 5. The smallest absolute Gasteiger partial charge is 0.223 e. The Hall–Kier alpha value is -2.91. The van der Waals surface area contributed by atoms with Gasteiger partial charge >= 0.3 is 0 Å². The summed E-state index contributed by atoms with van der Waals surface area (Å²) in [6.07, 6.45) is 3.36. The van der Waals surface area contributed by atoms with E-state index >= 15 is 0 Å². The van der Waals surface area contributed by atoms with Gasteiger partial charge in [0.05, 0.1) is 13.2 Å². The minimum Gasteiger partial charge on any atom is -0.378 e. The van der Waals surface area contributed by atoms with Gasteiger partial charge in [-0.05, 0) is 30.3 Å². The number of halogens is 1. The van der Waals surface area contributed by atoms with Gasteiger partial charge in [0.1, 0.15) is 17.5 Å². The van der Waals surface area contributed by atoms with Crippen molar-refractivity contribution in [1.29, 1.82) is 0 Å². The third-order valence-electron chi connectivity index (χ3n) is 4.15. The van der Waals surface area contributed by atoms with Crippen molar-refractivity contribution in [3.63, 3.8) is 0 Å². The van der Waals surface area contributed by atoms with Crippen LogP contribution < -0.4 is 16.0 Å². The number of anilines is 4. The molecule has 0 bridgehead atoms. The molecule has 2 aromatic heterocycles. The van der Waals surface area contributed by atoms with Crippen molar-refractivity contribution >= 4 is 35.0 Å². The van der Waals surface area contributed by atoms with Crippen LogP contribution in [0.25, 0.3) is 0 Å². The van der Waals surface area contributed by atoms with Crippen LogP contribution in [-0.2, 0) is 4.74 Å². The predicted octanol–water partition coefficient (Wildman–Crippen LogP) is 3.32. The van der Waals surface area contributed by atoms with Crippen molar-refractivity contribution in [2.45, 2.75) is 9.79 Å². The lowest BCUT2D eigenvalue weighted by Crippen LogP contribution is -2.36. The maximum atomic E-state index is 14.5. The summed E-state index contributed by atoms with van der Waals surface area (Å²) in [5, 5.41) is 3.11. The molecular formula is C19H19FN6OS. The van der Waals surface area contributed by atoms with Crippen LogP contribution in [0.15, 0.2) is 58.6 Å². The monoisotopic (exact) mass is 398 g/mol. The number of ether oxygens (including phenoxy) is 1. The first-order chi connectivity index (χ1) is 13.7. The zero-order chi connectivity index (χ0) is 19.3. The molecule has 0 amide bonds. The second kappa shape index (κ2) is 8.41. The largest absolute Gasteiger partial charge is 0.378 e. The number of nitrogens with two attached hydrogens (primary N) is 1. The number of aromatic nitrogens is 3. The summed E-state index contributed by atoms with van der Waals surface area (Å²) in [4.78, 5) is 16.0. The quantitative estimate of drug-likeness (QED) is 0.677. The molecule has 1 aliphatic rings. The van der Waals surface area contributed by atoms with Crippen LogP contribution in [0.5, 0.6) is 0 Å². The van der Waals surface area contributed by atoms with Crippen LogP contribution in [0, 0.1) is 5.82 Å². The van der Waals surface area contributed by atoms with Gasteiger partial charge in [0, 0.05) is 47.0 Å². The SMILES string of the molecule is Nc1nc(Nc2ccc(Sc3ccncc3)c(F)c2)cc(N2CCOCC2)n1. The number of pyridine rings is 1. The standard InChI is InChI=1S/C19H19FN6OS/c20-15-11-13(1-2-16(15)28-14-3-5-22-6-4-14)23-17-12-18(25-19(21)24-17)26-7-9-27-10-8-26/h1-6,11-12H,7-10H2,(H3,21,23,24,25). The van der Waals surface area contributed by atoms with Gasteiger partial charge in [-0.2, -0.15) is 9.97 Å². The Labute approximate surface area is 166 Å². The Morgan fingerprint density at radius 1 is 1.07 bits per heavy atom. The van der Waals surface area contributed by atoms with E-state index in [2.05, 4.69) is 25.2 Å². The molecule has 0 saturated carbocycles. The molecule has 0 atom stereocenters. The number of benzene rings is 1. The lowest BCUT2D eigenvalue weighted by atomic mass is 10.3. The van der Waals surface area contributed by atoms with Crippen molar-refractivity contribution in [2.75, 3.05) is 42.3 Å². The summed E-state index contributed by atoms with van der Waals surface area (Å²) in [5.74, 6) is 1.09. The first kappa shape index (κ1) is 18.5. The fraction of sp³-hybridized carbons (Fsp3) is 0.211. The molecule has 3 N–H and O–H groups in total. The van der Waals surface area contributed by atoms with E-state index in [1.807, 2.05) is 12.1 Å². The molecule has 144 valence electrons. The number of nitrogen functional groups attached to an aromatic ring is 1. The summed E-state index contributed by atoms with van der Waals surface area (Å²) in [5.41, 5.74) is 6.44. The molecule has 1 aliphatic heterocycles. The Morgan fingerprint density at radius 3 is 2.61 bits per heavy atom. The Balaban J connectivity index is 1.51. The number of hydrogen-bond acceptors (Lipinski definition) is 8. The topological polar surface area (TPSA) is 89.2 Å². The van der Waals surface area contributed by atoms with Gasteiger partial charge in [-0.25, -0.2) is 4.39 Å². The van der Waals surface area contributed by atoms with E-state index in [0.29, 0.717) is 29.6 Å². The molecule has 0 radical (unpaired) electrons. The average molecular weight is 398 g/mol. The fourth-order valence-electron chi connectivity index (χ4n) is 2.81. The first-order valence-corrected chi connectivity index (χ1v) is 9.61. The molecule has 0 spiro atoms. The summed E-state index contributed by atoms with van der Waals surface area (Å²) in [7, 11) is 0. The van der Waals surface area contributed by atoms with E-state index in [0.717, 1.165) is 23.8 Å². The van der Waals surface area contributed by atoms with Gasteiger partial charge in [-0.3, -0.25) is 4.98 Å². The van der Waals surface area contributed by atoms with E-state index in [-0.39, 0.29) is 11.8 Å². The van der Waals surface area contributed by atoms with Gasteiger partial charge in [-0.15, -0.1) is 0 Å². The molecule has 3 heterocycles. The molecule has 0 aliphatic carbocycles. The van der Waals surface area contributed by atoms with Crippen molar-refractivity contribution in [3.8, 4) is 0 Å². The lowest BCUT2D eigenvalue weighted by molar-refractivity contribution is 0.122. The maximum absolute atomic E-state index is 14.5. The van der Waals surface area contributed by atoms with Crippen LogP contribution >= 0.6 is 11.8 Å². The second-order valence-electron chi connectivity index (χ2n) is 6.12. The normalized spacial score (nSPS) is 14.1. The predicted molar refractivity (Wildman–Crippen MR) is 108 cm³/mol. The number of nitrogens with zero attached hydrogens (tertiary/aromatic N) is 4. The second-order valence-corrected chi connectivity index (χ2v) is 7.24.